The molecule has 0 radical (unpaired) electrons. The fraction of sp³-hybridized carbons (Fsp3) is 0.588. The molecule has 1 aliphatic heterocycles. The average molecular weight is 352 g/mol. The number of hydrogen-bond donors (Lipinski definition) is 0. The normalized spacial score (nSPS) is 24.0. The predicted octanol–water partition coefficient (Wildman–Crippen LogP) is 3.93. The molecular formula is C17H22BrNO2. The fourth-order valence-electron chi connectivity index (χ4n) is 3.34. The highest BCUT2D eigenvalue weighted by atomic mass is 79.9. The van der Waals surface area contributed by atoms with Crippen LogP contribution in [-0.4, -0.2) is 30.5 Å². The van der Waals surface area contributed by atoms with Crippen LogP contribution >= 0.6 is 15.9 Å². The Kier molecular flexibility index (Phi) is 4.96. The van der Waals surface area contributed by atoms with E-state index in [1.807, 2.05) is 17.0 Å². The SMILES string of the molecule is O=C(C1CCCCC1)N1CCOC(c2ccc(Br)cc2)C1. The number of amides is 1. The predicted molar refractivity (Wildman–Crippen MR) is 86.0 cm³/mol. The minimum Gasteiger partial charge on any atom is -0.370 e. The van der Waals surface area contributed by atoms with Crippen LogP contribution in [0.1, 0.15) is 43.8 Å². The van der Waals surface area contributed by atoms with Gasteiger partial charge in [-0.3, -0.25) is 4.79 Å². The molecule has 2 fully saturated rings. The first-order chi connectivity index (χ1) is 10.2. The van der Waals surface area contributed by atoms with Gasteiger partial charge in [-0.2, -0.15) is 0 Å². The first kappa shape index (κ1) is 15.0. The van der Waals surface area contributed by atoms with E-state index in [1.54, 1.807) is 0 Å². The van der Waals surface area contributed by atoms with E-state index in [0.29, 0.717) is 19.1 Å². The number of ether oxygens (including phenoxy) is 1. The Balaban J connectivity index is 1.64. The van der Waals surface area contributed by atoms with Gasteiger partial charge in [0.2, 0.25) is 5.91 Å². The summed E-state index contributed by atoms with van der Waals surface area (Å²) in [6, 6.07) is 8.20. The number of halogens is 1. The highest BCUT2D eigenvalue weighted by molar-refractivity contribution is 9.10. The van der Waals surface area contributed by atoms with Crippen molar-refractivity contribution in [1.82, 2.24) is 4.90 Å². The van der Waals surface area contributed by atoms with Gasteiger partial charge in [-0.15, -0.1) is 0 Å². The van der Waals surface area contributed by atoms with Gasteiger partial charge in [-0.25, -0.2) is 0 Å². The molecule has 3 rings (SSSR count). The van der Waals surface area contributed by atoms with E-state index in [0.717, 1.165) is 29.4 Å². The van der Waals surface area contributed by atoms with Crippen molar-refractivity contribution in [2.45, 2.75) is 38.2 Å². The van der Waals surface area contributed by atoms with Crippen LogP contribution in [0.15, 0.2) is 28.7 Å². The third-order valence-electron chi connectivity index (χ3n) is 4.57. The molecular weight excluding hydrogens is 330 g/mol. The maximum absolute atomic E-state index is 12.6. The minimum absolute atomic E-state index is 0.0133. The second-order valence-corrected chi connectivity index (χ2v) is 6.95. The standard InChI is InChI=1S/C17H22BrNO2/c18-15-8-6-13(7-9-15)16-12-19(10-11-21-16)17(20)14-4-2-1-3-5-14/h6-9,14,16H,1-5,10-12H2. The summed E-state index contributed by atoms with van der Waals surface area (Å²) in [6.07, 6.45) is 5.85. The van der Waals surface area contributed by atoms with E-state index in [2.05, 4.69) is 28.1 Å². The molecule has 3 nitrogen and oxygen atoms in total. The Morgan fingerprint density at radius 1 is 1.14 bits per heavy atom. The Morgan fingerprint density at radius 3 is 2.57 bits per heavy atom. The van der Waals surface area contributed by atoms with Crippen molar-refractivity contribution < 1.29 is 9.53 Å². The monoisotopic (exact) mass is 351 g/mol. The first-order valence-corrected chi connectivity index (χ1v) is 8.69. The van der Waals surface area contributed by atoms with Crippen LogP contribution in [0.3, 0.4) is 0 Å². The van der Waals surface area contributed by atoms with Crippen LogP contribution in [0.2, 0.25) is 0 Å². The van der Waals surface area contributed by atoms with E-state index in [4.69, 9.17) is 4.74 Å². The van der Waals surface area contributed by atoms with E-state index in [9.17, 15) is 4.79 Å². The summed E-state index contributed by atoms with van der Waals surface area (Å²) in [4.78, 5) is 14.7. The van der Waals surface area contributed by atoms with Crippen molar-refractivity contribution in [3.8, 4) is 0 Å². The van der Waals surface area contributed by atoms with Gasteiger partial charge in [0.1, 0.15) is 6.10 Å². The molecule has 1 heterocycles. The van der Waals surface area contributed by atoms with Crippen molar-refractivity contribution in [3.05, 3.63) is 34.3 Å². The number of benzene rings is 1. The number of carbonyl (C=O) groups is 1. The van der Waals surface area contributed by atoms with Gasteiger partial charge >= 0.3 is 0 Å². The lowest BCUT2D eigenvalue weighted by Gasteiger charge is -2.36. The maximum atomic E-state index is 12.6. The molecule has 1 saturated carbocycles. The van der Waals surface area contributed by atoms with Crippen molar-refractivity contribution in [2.75, 3.05) is 19.7 Å². The van der Waals surface area contributed by atoms with Gasteiger partial charge in [0.05, 0.1) is 13.2 Å². The Morgan fingerprint density at radius 2 is 1.86 bits per heavy atom. The Bertz CT molecular complexity index is 482. The second kappa shape index (κ2) is 6.93. The van der Waals surface area contributed by atoms with Gasteiger partial charge in [-0.1, -0.05) is 47.3 Å². The van der Waals surface area contributed by atoms with E-state index >= 15 is 0 Å². The lowest BCUT2D eigenvalue weighted by Crippen LogP contribution is -2.45. The van der Waals surface area contributed by atoms with Gasteiger partial charge in [0, 0.05) is 16.9 Å². The molecule has 1 amide bonds. The van der Waals surface area contributed by atoms with Crippen LogP contribution in [0.25, 0.3) is 0 Å². The van der Waals surface area contributed by atoms with Crippen LogP contribution in [-0.2, 0) is 9.53 Å². The van der Waals surface area contributed by atoms with Gasteiger partial charge in [0.15, 0.2) is 0 Å². The summed E-state index contributed by atoms with van der Waals surface area (Å²) in [6.45, 7) is 2.07. The highest BCUT2D eigenvalue weighted by Gasteiger charge is 2.30. The topological polar surface area (TPSA) is 29.5 Å². The molecule has 1 unspecified atom stereocenters. The Hall–Kier alpha value is -0.870. The lowest BCUT2D eigenvalue weighted by atomic mass is 9.88. The lowest BCUT2D eigenvalue weighted by molar-refractivity contribution is -0.144. The molecule has 1 saturated heterocycles. The fourth-order valence-corrected chi connectivity index (χ4v) is 3.60. The summed E-state index contributed by atoms with van der Waals surface area (Å²) in [5.41, 5.74) is 1.15. The summed E-state index contributed by atoms with van der Waals surface area (Å²) in [5, 5.41) is 0. The zero-order chi connectivity index (χ0) is 14.7. The quantitative estimate of drug-likeness (QED) is 0.807. The number of rotatable bonds is 2. The third kappa shape index (κ3) is 3.67. The Labute approximate surface area is 134 Å². The molecule has 2 aliphatic rings. The summed E-state index contributed by atoms with van der Waals surface area (Å²) in [5.74, 6) is 0.600. The van der Waals surface area contributed by atoms with Crippen LogP contribution in [0.4, 0.5) is 0 Å². The number of nitrogens with zero attached hydrogens (tertiary/aromatic N) is 1. The molecule has 114 valence electrons. The average Bonchev–Trinajstić information content (AvgIpc) is 2.56. The van der Waals surface area contributed by atoms with E-state index in [1.165, 1.54) is 19.3 Å². The first-order valence-electron chi connectivity index (χ1n) is 7.90. The van der Waals surface area contributed by atoms with Gasteiger partial charge in [-0.05, 0) is 30.5 Å². The molecule has 1 aromatic rings. The molecule has 0 bridgehead atoms. The summed E-state index contributed by atoms with van der Waals surface area (Å²) >= 11 is 3.45. The van der Waals surface area contributed by atoms with Gasteiger partial charge < -0.3 is 9.64 Å². The maximum Gasteiger partial charge on any atom is 0.225 e. The molecule has 1 atom stereocenters. The second-order valence-electron chi connectivity index (χ2n) is 6.03. The largest absolute Gasteiger partial charge is 0.370 e. The molecule has 0 spiro atoms. The smallest absolute Gasteiger partial charge is 0.225 e. The van der Waals surface area contributed by atoms with Crippen LogP contribution in [0.5, 0.6) is 0 Å². The third-order valence-corrected chi connectivity index (χ3v) is 5.10. The molecule has 1 aliphatic carbocycles. The number of hydrogen-bond acceptors (Lipinski definition) is 2. The van der Waals surface area contributed by atoms with Crippen molar-refractivity contribution in [1.29, 1.82) is 0 Å². The van der Waals surface area contributed by atoms with Gasteiger partial charge in [0.25, 0.3) is 0 Å². The highest BCUT2D eigenvalue weighted by Crippen LogP contribution is 2.29. The van der Waals surface area contributed by atoms with Crippen molar-refractivity contribution in [3.63, 3.8) is 0 Å². The summed E-state index contributed by atoms with van der Waals surface area (Å²) < 4.78 is 6.93. The van der Waals surface area contributed by atoms with Crippen molar-refractivity contribution in [2.24, 2.45) is 5.92 Å². The molecule has 4 heteroatoms. The zero-order valence-electron chi connectivity index (χ0n) is 12.3. The zero-order valence-corrected chi connectivity index (χ0v) is 13.8. The summed E-state index contributed by atoms with van der Waals surface area (Å²) in [7, 11) is 0. The van der Waals surface area contributed by atoms with E-state index in [-0.39, 0.29) is 12.0 Å². The van der Waals surface area contributed by atoms with E-state index < -0.39 is 0 Å². The number of carbonyl (C=O) groups excluding carboxylic acids is 1. The molecule has 0 aromatic heterocycles. The molecule has 1 aromatic carbocycles. The van der Waals surface area contributed by atoms with Crippen LogP contribution < -0.4 is 0 Å². The van der Waals surface area contributed by atoms with Crippen LogP contribution in [0, 0.1) is 5.92 Å². The minimum atomic E-state index is 0.0133. The van der Waals surface area contributed by atoms with Crippen molar-refractivity contribution >= 4 is 21.8 Å². The molecule has 0 N–H and O–H groups in total. The number of morpholine rings is 1. The molecule has 21 heavy (non-hydrogen) atoms.